The maximum Gasteiger partial charge on any atom is 0.250 e. The van der Waals surface area contributed by atoms with Gasteiger partial charge >= 0.3 is 0 Å². The van der Waals surface area contributed by atoms with E-state index >= 15 is 0 Å². The van der Waals surface area contributed by atoms with Gasteiger partial charge in [0.1, 0.15) is 11.3 Å². The largest absolute Gasteiger partial charge is 0.494 e. The number of methoxy groups -OCH3 is 1. The van der Waals surface area contributed by atoms with Crippen molar-refractivity contribution in [3.05, 3.63) is 59.1 Å². The number of ether oxygens (including phenoxy) is 1. The molecule has 4 nitrogen and oxygen atoms in total. The number of aromatic nitrogens is 1. The fourth-order valence-corrected chi connectivity index (χ4v) is 3.05. The van der Waals surface area contributed by atoms with Crippen molar-refractivity contribution in [2.24, 2.45) is 0 Å². The molecule has 3 rings (SSSR count). The van der Waals surface area contributed by atoms with Gasteiger partial charge in [-0.3, -0.25) is 10.1 Å². The Kier molecular flexibility index (Phi) is 4.60. The number of carbonyl (C=O) groups excluding carboxylic acids is 1. The molecule has 0 fully saturated rings. The van der Waals surface area contributed by atoms with Gasteiger partial charge < -0.3 is 4.74 Å². The highest BCUT2D eigenvalue weighted by Crippen LogP contribution is 2.32. The molecule has 0 spiro atoms. The van der Waals surface area contributed by atoms with Crippen LogP contribution >= 0.6 is 22.9 Å². The molecule has 0 saturated heterocycles. The van der Waals surface area contributed by atoms with E-state index in [4.69, 9.17) is 16.3 Å². The lowest BCUT2D eigenvalue weighted by atomic mass is 10.2. The third-order valence-corrected chi connectivity index (χ3v) is 4.32. The van der Waals surface area contributed by atoms with Crippen LogP contribution in [-0.4, -0.2) is 18.0 Å². The van der Waals surface area contributed by atoms with Crippen molar-refractivity contribution >= 4 is 50.3 Å². The average Bonchev–Trinajstić information content (AvgIpc) is 2.96. The van der Waals surface area contributed by atoms with Crippen LogP contribution in [0.1, 0.15) is 5.56 Å². The van der Waals surface area contributed by atoms with Crippen molar-refractivity contribution in [2.75, 3.05) is 12.4 Å². The predicted octanol–water partition coefficient (Wildman–Crippen LogP) is 4.61. The summed E-state index contributed by atoms with van der Waals surface area (Å²) in [7, 11) is 1.60. The summed E-state index contributed by atoms with van der Waals surface area (Å²) in [4.78, 5) is 16.4. The fourth-order valence-electron chi connectivity index (χ4n) is 2.03. The van der Waals surface area contributed by atoms with Gasteiger partial charge in [-0.25, -0.2) is 4.98 Å². The molecule has 0 saturated carbocycles. The Morgan fingerprint density at radius 1 is 1.26 bits per heavy atom. The highest BCUT2D eigenvalue weighted by Gasteiger charge is 2.09. The molecular weight excluding hydrogens is 332 g/mol. The molecular formula is C17H13ClN2O2S. The number of amides is 1. The summed E-state index contributed by atoms with van der Waals surface area (Å²) in [5, 5.41) is 3.96. The number of para-hydroxylation sites is 1. The first-order valence-corrected chi connectivity index (χ1v) is 8.03. The minimum atomic E-state index is -0.238. The molecule has 0 aliphatic carbocycles. The summed E-state index contributed by atoms with van der Waals surface area (Å²) < 4.78 is 6.23. The Morgan fingerprint density at radius 3 is 2.78 bits per heavy atom. The number of hydrogen-bond acceptors (Lipinski definition) is 4. The Labute approximate surface area is 142 Å². The molecule has 0 atom stereocenters. The Balaban J connectivity index is 1.74. The minimum absolute atomic E-state index is 0.238. The van der Waals surface area contributed by atoms with Crippen LogP contribution < -0.4 is 10.1 Å². The van der Waals surface area contributed by atoms with Crippen molar-refractivity contribution in [2.45, 2.75) is 0 Å². The number of nitrogens with one attached hydrogen (secondary N) is 1. The zero-order valence-corrected chi connectivity index (χ0v) is 13.8. The predicted molar refractivity (Wildman–Crippen MR) is 95.3 cm³/mol. The van der Waals surface area contributed by atoms with Crippen LogP contribution in [0.15, 0.2) is 48.5 Å². The molecule has 0 aliphatic rings. The number of anilines is 1. The highest BCUT2D eigenvalue weighted by molar-refractivity contribution is 7.22. The summed E-state index contributed by atoms with van der Waals surface area (Å²) in [6.45, 7) is 0. The van der Waals surface area contributed by atoms with Gasteiger partial charge in [-0.05, 0) is 35.9 Å². The molecule has 1 aromatic heterocycles. The first-order valence-electron chi connectivity index (χ1n) is 6.84. The summed E-state index contributed by atoms with van der Waals surface area (Å²) in [6, 6.07) is 12.9. The van der Waals surface area contributed by atoms with E-state index in [0.29, 0.717) is 15.9 Å². The zero-order valence-electron chi connectivity index (χ0n) is 12.2. The number of thiazole rings is 1. The fraction of sp³-hybridized carbons (Fsp3) is 0.0588. The van der Waals surface area contributed by atoms with E-state index in [-0.39, 0.29) is 5.91 Å². The van der Waals surface area contributed by atoms with Gasteiger partial charge in [-0.15, -0.1) is 0 Å². The Hall–Kier alpha value is -2.37. The van der Waals surface area contributed by atoms with Gasteiger partial charge in [0.2, 0.25) is 5.91 Å². The minimum Gasteiger partial charge on any atom is -0.494 e. The van der Waals surface area contributed by atoms with Crippen molar-refractivity contribution in [1.29, 1.82) is 0 Å². The topological polar surface area (TPSA) is 51.2 Å². The van der Waals surface area contributed by atoms with Crippen LogP contribution in [0.3, 0.4) is 0 Å². The average molecular weight is 345 g/mol. The number of hydrogen-bond donors (Lipinski definition) is 1. The number of benzene rings is 2. The third kappa shape index (κ3) is 3.70. The Morgan fingerprint density at radius 2 is 2.04 bits per heavy atom. The first kappa shape index (κ1) is 15.5. The second-order valence-corrected chi connectivity index (χ2v) is 6.17. The number of halogens is 1. The molecule has 2 aromatic carbocycles. The van der Waals surface area contributed by atoms with Gasteiger partial charge in [-0.1, -0.05) is 41.1 Å². The maximum atomic E-state index is 12.0. The second kappa shape index (κ2) is 6.81. The monoisotopic (exact) mass is 344 g/mol. The molecule has 116 valence electrons. The Bertz CT molecular complexity index is 872. The summed E-state index contributed by atoms with van der Waals surface area (Å²) in [5.74, 6) is 0.453. The first-order chi connectivity index (χ1) is 11.2. The van der Waals surface area contributed by atoms with Crippen molar-refractivity contribution in [1.82, 2.24) is 4.98 Å². The molecule has 23 heavy (non-hydrogen) atoms. The van der Waals surface area contributed by atoms with E-state index in [1.54, 1.807) is 25.3 Å². The van der Waals surface area contributed by atoms with Crippen molar-refractivity contribution < 1.29 is 9.53 Å². The molecule has 1 heterocycles. The molecule has 0 radical (unpaired) electrons. The lowest BCUT2D eigenvalue weighted by molar-refractivity contribution is -0.111. The van der Waals surface area contributed by atoms with Crippen LogP contribution in [0.5, 0.6) is 5.75 Å². The zero-order chi connectivity index (χ0) is 16.2. The summed E-state index contributed by atoms with van der Waals surface area (Å²) in [5.41, 5.74) is 1.65. The third-order valence-electron chi connectivity index (χ3n) is 3.13. The molecule has 1 amide bonds. The van der Waals surface area contributed by atoms with Gasteiger partial charge in [0.05, 0.1) is 11.8 Å². The van der Waals surface area contributed by atoms with E-state index < -0.39 is 0 Å². The van der Waals surface area contributed by atoms with E-state index in [2.05, 4.69) is 10.3 Å². The number of carbonyl (C=O) groups is 1. The van der Waals surface area contributed by atoms with Crippen LogP contribution in [0.2, 0.25) is 5.02 Å². The smallest absolute Gasteiger partial charge is 0.250 e. The lowest BCUT2D eigenvalue weighted by Crippen LogP contribution is -2.07. The van der Waals surface area contributed by atoms with Crippen molar-refractivity contribution in [3.8, 4) is 5.75 Å². The molecule has 0 bridgehead atoms. The second-order valence-electron chi connectivity index (χ2n) is 4.70. The summed E-state index contributed by atoms with van der Waals surface area (Å²) >= 11 is 7.23. The number of rotatable bonds is 4. The highest BCUT2D eigenvalue weighted by atomic mass is 35.5. The van der Waals surface area contributed by atoms with E-state index in [1.807, 2.05) is 30.3 Å². The van der Waals surface area contributed by atoms with Crippen molar-refractivity contribution in [3.63, 3.8) is 0 Å². The van der Waals surface area contributed by atoms with E-state index in [0.717, 1.165) is 15.8 Å². The van der Waals surface area contributed by atoms with Crippen LogP contribution in [-0.2, 0) is 4.79 Å². The van der Waals surface area contributed by atoms with Gasteiger partial charge in [0.25, 0.3) is 0 Å². The van der Waals surface area contributed by atoms with Crippen LogP contribution in [0.4, 0.5) is 5.13 Å². The van der Waals surface area contributed by atoms with Gasteiger partial charge in [-0.2, -0.15) is 0 Å². The van der Waals surface area contributed by atoms with E-state index in [9.17, 15) is 4.79 Å². The number of fused-ring (bicyclic) bond motifs is 1. The van der Waals surface area contributed by atoms with Crippen LogP contribution in [0.25, 0.3) is 16.3 Å². The van der Waals surface area contributed by atoms with E-state index in [1.165, 1.54) is 17.4 Å². The quantitative estimate of drug-likeness (QED) is 0.703. The SMILES string of the molecule is COc1cccc2sc(NC(=O)/C=C/c3ccc(Cl)cc3)nc12. The summed E-state index contributed by atoms with van der Waals surface area (Å²) in [6.07, 6.45) is 3.19. The van der Waals surface area contributed by atoms with Crippen LogP contribution in [0, 0.1) is 0 Å². The number of nitrogens with zero attached hydrogens (tertiary/aromatic N) is 1. The maximum absolute atomic E-state index is 12.0. The molecule has 0 unspecified atom stereocenters. The lowest BCUT2D eigenvalue weighted by Gasteiger charge is -1.98. The molecule has 1 N–H and O–H groups in total. The molecule has 3 aromatic rings. The standard InChI is InChI=1S/C17H13ClN2O2S/c1-22-13-3-2-4-14-16(13)20-17(23-14)19-15(21)10-7-11-5-8-12(18)9-6-11/h2-10H,1H3,(H,19,20,21)/b10-7+. The van der Waals surface area contributed by atoms with Gasteiger partial charge in [0.15, 0.2) is 5.13 Å². The molecule has 6 heteroatoms. The van der Waals surface area contributed by atoms with Gasteiger partial charge in [0, 0.05) is 11.1 Å². The normalized spacial score (nSPS) is 11.0. The molecule has 0 aliphatic heterocycles.